The average molecular weight is 212 g/mol. The molecule has 1 fully saturated rings. The summed E-state index contributed by atoms with van der Waals surface area (Å²) in [6.07, 6.45) is 5.03. The van der Waals surface area contributed by atoms with Crippen LogP contribution in [0.25, 0.3) is 0 Å². The molecule has 0 radical (unpaired) electrons. The van der Waals surface area contributed by atoms with E-state index in [4.69, 9.17) is 5.26 Å². The summed E-state index contributed by atoms with van der Waals surface area (Å²) in [5, 5.41) is 11.7. The van der Waals surface area contributed by atoms with E-state index < -0.39 is 0 Å². The number of amidine groups is 1. The second-order valence-corrected chi connectivity index (χ2v) is 4.30. The van der Waals surface area contributed by atoms with Crippen LogP contribution in [0.2, 0.25) is 0 Å². The third-order valence-corrected chi connectivity index (χ3v) is 2.96. The Kier molecular flexibility index (Phi) is 4.77. The normalized spacial score (nSPS) is 23.5. The minimum atomic E-state index is 0.655. The monoisotopic (exact) mass is 212 g/mol. The van der Waals surface area contributed by atoms with E-state index in [-0.39, 0.29) is 0 Å². The van der Waals surface area contributed by atoms with Gasteiger partial charge in [0, 0.05) is 13.1 Å². The summed E-state index contributed by atoms with van der Waals surface area (Å²) in [4.78, 5) is 6.68. The lowest BCUT2D eigenvalue weighted by Crippen LogP contribution is -2.18. The van der Waals surface area contributed by atoms with E-state index in [1.807, 2.05) is 12.4 Å². The van der Waals surface area contributed by atoms with Gasteiger partial charge in [-0.15, -0.1) is 0 Å². The number of rotatable bonds is 2. The fourth-order valence-corrected chi connectivity index (χ4v) is 1.94. The molecule has 0 aromatic rings. The van der Waals surface area contributed by atoms with E-state index in [9.17, 15) is 0 Å². The van der Waals surface area contributed by atoms with Crippen molar-refractivity contribution < 1.29 is 0 Å². The van der Waals surface area contributed by atoms with Crippen LogP contribution in [0.1, 0.15) is 6.42 Å². The Hall–Kier alpha value is -0.730. The predicted octanol–water partition coefficient (Wildman–Crippen LogP) is 0.728. The molecule has 1 N–H and O–H groups in total. The van der Waals surface area contributed by atoms with Gasteiger partial charge in [-0.1, -0.05) is 11.8 Å². The lowest BCUT2D eigenvalue weighted by atomic mass is 10.1. The van der Waals surface area contributed by atoms with Gasteiger partial charge in [-0.2, -0.15) is 5.26 Å². The molecule has 1 saturated heterocycles. The molecule has 1 rings (SSSR count). The zero-order valence-corrected chi connectivity index (χ0v) is 9.47. The van der Waals surface area contributed by atoms with Gasteiger partial charge in [-0.3, -0.25) is 10.3 Å². The van der Waals surface area contributed by atoms with Crippen molar-refractivity contribution in [3.63, 3.8) is 0 Å². The van der Waals surface area contributed by atoms with Crippen LogP contribution < -0.4 is 5.32 Å². The van der Waals surface area contributed by atoms with E-state index in [1.54, 1.807) is 0 Å². The van der Waals surface area contributed by atoms with Crippen molar-refractivity contribution in [3.8, 4) is 6.19 Å². The van der Waals surface area contributed by atoms with E-state index in [1.165, 1.54) is 24.7 Å². The summed E-state index contributed by atoms with van der Waals surface area (Å²) in [7, 11) is 2.13. The Labute approximate surface area is 89.4 Å². The predicted molar refractivity (Wildman–Crippen MR) is 60.2 cm³/mol. The maximum absolute atomic E-state index is 8.44. The molecule has 4 nitrogen and oxygen atoms in total. The second-order valence-electron chi connectivity index (χ2n) is 3.50. The first-order valence-electron chi connectivity index (χ1n) is 4.68. The molecule has 5 heteroatoms. The van der Waals surface area contributed by atoms with Crippen LogP contribution in [0, 0.1) is 17.4 Å². The lowest BCUT2D eigenvalue weighted by molar-refractivity contribution is 0.397. The number of thioether (sulfide) groups is 1. The molecule has 78 valence electrons. The largest absolute Gasteiger partial charge is 0.306 e. The molecule has 0 bridgehead atoms. The van der Waals surface area contributed by atoms with Gasteiger partial charge >= 0.3 is 0 Å². The van der Waals surface area contributed by atoms with Crippen LogP contribution in [0.5, 0.6) is 0 Å². The number of hydrogen-bond acceptors (Lipinski definition) is 4. The third-order valence-electron chi connectivity index (χ3n) is 2.34. The fraction of sp³-hybridized carbons (Fsp3) is 0.778. The van der Waals surface area contributed by atoms with Gasteiger partial charge in [0.15, 0.2) is 11.4 Å². The molecule has 0 amide bonds. The van der Waals surface area contributed by atoms with Gasteiger partial charge in [-0.05, 0) is 32.2 Å². The van der Waals surface area contributed by atoms with Gasteiger partial charge in [0.05, 0.1) is 0 Å². The van der Waals surface area contributed by atoms with Crippen LogP contribution >= 0.6 is 11.8 Å². The molecule has 1 atom stereocenters. The van der Waals surface area contributed by atoms with E-state index in [0.29, 0.717) is 5.92 Å². The number of nitriles is 1. The van der Waals surface area contributed by atoms with E-state index in [0.717, 1.165) is 18.3 Å². The highest BCUT2D eigenvalue weighted by Gasteiger charge is 2.18. The van der Waals surface area contributed by atoms with Gasteiger partial charge in [0.25, 0.3) is 0 Å². The minimum Gasteiger partial charge on any atom is -0.306 e. The fourth-order valence-electron chi connectivity index (χ4n) is 1.59. The van der Waals surface area contributed by atoms with Crippen molar-refractivity contribution in [3.05, 3.63) is 0 Å². The van der Waals surface area contributed by atoms with Crippen LogP contribution in [0.3, 0.4) is 0 Å². The average Bonchev–Trinajstić information content (AvgIpc) is 2.59. The lowest BCUT2D eigenvalue weighted by Gasteiger charge is -2.07. The summed E-state index contributed by atoms with van der Waals surface area (Å²) >= 11 is 1.48. The topological polar surface area (TPSA) is 51.4 Å². The van der Waals surface area contributed by atoms with Crippen molar-refractivity contribution >= 4 is 16.9 Å². The van der Waals surface area contributed by atoms with Crippen molar-refractivity contribution in [2.24, 2.45) is 10.9 Å². The highest BCUT2D eigenvalue weighted by atomic mass is 32.2. The summed E-state index contributed by atoms with van der Waals surface area (Å²) in [5.41, 5.74) is 0. The van der Waals surface area contributed by atoms with Crippen LogP contribution in [0.15, 0.2) is 4.99 Å². The summed E-state index contributed by atoms with van der Waals surface area (Å²) in [6.45, 7) is 3.12. The molecule has 0 aromatic heterocycles. The Morgan fingerprint density at radius 3 is 3.07 bits per heavy atom. The zero-order chi connectivity index (χ0) is 10.4. The first-order chi connectivity index (χ1) is 6.76. The molecule has 0 saturated carbocycles. The van der Waals surface area contributed by atoms with E-state index in [2.05, 4.69) is 22.3 Å². The number of nitrogens with one attached hydrogen (secondary N) is 1. The molecular weight excluding hydrogens is 196 g/mol. The molecule has 0 aromatic carbocycles. The zero-order valence-electron chi connectivity index (χ0n) is 8.66. The molecule has 1 unspecified atom stereocenters. The number of hydrogen-bond donors (Lipinski definition) is 1. The summed E-state index contributed by atoms with van der Waals surface area (Å²) < 4.78 is 0. The summed E-state index contributed by atoms with van der Waals surface area (Å²) in [5.74, 6) is 0.655. The minimum absolute atomic E-state index is 0.655. The molecule has 1 aliphatic heterocycles. The third kappa shape index (κ3) is 3.56. The van der Waals surface area contributed by atoms with Gasteiger partial charge in [0.1, 0.15) is 0 Å². The van der Waals surface area contributed by atoms with Crippen molar-refractivity contribution in [2.75, 3.05) is 32.9 Å². The first-order valence-corrected chi connectivity index (χ1v) is 5.90. The number of nitrogens with zero attached hydrogens (tertiary/aromatic N) is 3. The van der Waals surface area contributed by atoms with Gasteiger partial charge < -0.3 is 4.90 Å². The van der Waals surface area contributed by atoms with Crippen molar-refractivity contribution in [1.29, 1.82) is 5.26 Å². The van der Waals surface area contributed by atoms with Gasteiger partial charge in [0.2, 0.25) is 0 Å². The Balaban J connectivity index is 2.33. The molecule has 0 aliphatic carbocycles. The van der Waals surface area contributed by atoms with Crippen LogP contribution in [-0.2, 0) is 0 Å². The molecule has 1 heterocycles. The highest BCUT2D eigenvalue weighted by molar-refractivity contribution is 8.13. The Morgan fingerprint density at radius 1 is 1.79 bits per heavy atom. The Morgan fingerprint density at radius 2 is 2.57 bits per heavy atom. The molecule has 1 aliphatic rings. The smallest absolute Gasteiger partial charge is 0.183 e. The number of likely N-dealkylation sites (tertiary alicyclic amines) is 1. The van der Waals surface area contributed by atoms with Crippen molar-refractivity contribution in [2.45, 2.75) is 6.42 Å². The van der Waals surface area contributed by atoms with Crippen LogP contribution in [0.4, 0.5) is 0 Å². The SMILES string of the molecule is CSC(=NCC1CCN(C)C1)NC#N. The van der Waals surface area contributed by atoms with Crippen molar-refractivity contribution in [1.82, 2.24) is 10.2 Å². The summed E-state index contributed by atoms with van der Waals surface area (Å²) in [6, 6.07) is 0. The maximum atomic E-state index is 8.44. The second kappa shape index (κ2) is 5.89. The molecule has 14 heavy (non-hydrogen) atoms. The molecular formula is C9H16N4S. The van der Waals surface area contributed by atoms with Crippen LogP contribution in [-0.4, -0.2) is 43.0 Å². The highest BCUT2D eigenvalue weighted by Crippen LogP contribution is 2.14. The quantitative estimate of drug-likeness (QED) is 0.317. The Bertz CT molecular complexity index is 246. The molecule has 0 spiro atoms. The maximum Gasteiger partial charge on any atom is 0.183 e. The first kappa shape index (κ1) is 11.3. The van der Waals surface area contributed by atoms with E-state index >= 15 is 0 Å². The van der Waals surface area contributed by atoms with Gasteiger partial charge in [-0.25, -0.2) is 0 Å². The number of aliphatic imine (C=N–C) groups is 1. The standard InChI is InChI=1S/C9H16N4S/c1-13-4-3-8(6-13)5-11-9(14-2)12-7-10/h8H,3-6H2,1-2H3,(H,11,12).